The van der Waals surface area contributed by atoms with Crippen LogP contribution >= 0.6 is 12.2 Å². The van der Waals surface area contributed by atoms with Gasteiger partial charge in [-0.05, 0) is 12.8 Å². The van der Waals surface area contributed by atoms with E-state index in [9.17, 15) is 9.59 Å². The highest BCUT2D eigenvalue weighted by Crippen LogP contribution is 2.38. The summed E-state index contributed by atoms with van der Waals surface area (Å²) in [5, 5.41) is 0. The Balaban J connectivity index is 2.71. The van der Waals surface area contributed by atoms with E-state index in [0.717, 1.165) is 19.3 Å². The molecular weight excluding hydrogens is 264 g/mol. The second-order valence-corrected chi connectivity index (χ2v) is 5.50. The van der Waals surface area contributed by atoms with Crippen molar-refractivity contribution in [2.45, 2.75) is 38.5 Å². The molecule has 0 aliphatic heterocycles. The molecular formula is C13H22N2O3S. The molecule has 0 saturated heterocycles. The molecule has 0 aromatic rings. The maximum atomic E-state index is 12.6. The molecule has 1 fully saturated rings. The molecule has 0 bridgehead atoms. The average molecular weight is 286 g/mol. The van der Waals surface area contributed by atoms with Crippen molar-refractivity contribution in [2.75, 3.05) is 20.7 Å². The molecule has 19 heavy (non-hydrogen) atoms. The minimum atomic E-state index is -0.710. The van der Waals surface area contributed by atoms with E-state index in [0.29, 0.717) is 19.4 Å². The number of nitrogens with zero attached hydrogens (tertiary/aromatic N) is 1. The van der Waals surface area contributed by atoms with Crippen LogP contribution in [-0.4, -0.2) is 42.5 Å². The van der Waals surface area contributed by atoms with E-state index in [4.69, 9.17) is 18.0 Å². The molecule has 0 radical (unpaired) electrons. The molecule has 0 atom stereocenters. The molecule has 1 rings (SSSR count). The van der Waals surface area contributed by atoms with E-state index in [-0.39, 0.29) is 23.3 Å². The van der Waals surface area contributed by atoms with Gasteiger partial charge in [0.2, 0.25) is 5.91 Å². The third-order valence-electron chi connectivity index (χ3n) is 3.81. The van der Waals surface area contributed by atoms with Crippen molar-refractivity contribution in [3.05, 3.63) is 0 Å². The van der Waals surface area contributed by atoms with Crippen LogP contribution < -0.4 is 5.73 Å². The second kappa shape index (κ2) is 6.84. The van der Waals surface area contributed by atoms with Crippen LogP contribution in [0.1, 0.15) is 38.5 Å². The van der Waals surface area contributed by atoms with Gasteiger partial charge in [0.15, 0.2) is 0 Å². The molecule has 0 spiro atoms. The summed E-state index contributed by atoms with van der Waals surface area (Å²) in [5.41, 5.74) is 5.11. The first-order chi connectivity index (χ1) is 8.94. The minimum absolute atomic E-state index is 0.0661. The number of amides is 1. The largest absolute Gasteiger partial charge is 0.469 e. The molecule has 5 nitrogen and oxygen atoms in total. The fourth-order valence-corrected chi connectivity index (χ4v) is 2.84. The van der Waals surface area contributed by atoms with Crippen molar-refractivity contribution in [1.29, 1.82) is 0 Å². The Labute approximate surface area is 119 Å². The number of thiocarbonyl (C=S) groups is 1. The third-order valence-corrected chi connectivity index (χ3v) is 4.20. The van der Waals surface area contributed by atoms with Gasteiger partial charge in [-0.3, -0.25) is 9.59 Å². The number of nitrogens with two attached hydrogens (primary N) is 1. The maximum absolute atomic E-state index is 12.6. The van der Waals surface area contributed by atoms with Crippen molar-refractivity contribution in [3.8, 4) is 0 Å². The molecule has 1 saturated carbocycles. The Kier molecular flexibility index (Phi) is 5.72. The number of esters is 1. The number of hydrogen-bond donors (Lipinski definition) is 1. The van der Waals surface area contributed by atoms with Gasteiger partial charge < -0.3 is 15.4 Å². The summed E-state index contributed by atoms with van der Waals surface area (Å²) in [5.74, 6) is -0.392. The molecule has 108 valence electrons. The van der Waals surface area contributed by atoms with Crippen LogP contribution in [0.4, 0.5) is 0 Å². The van der Waals surface area contributed by atoms with Crippen LogP contribution in [0.5, 0.6) is 0 Å². The Hall–Kier alpha value is -1.17. The van der Waals surface area contributed by atoms with E-state index in [1.54, 1.807) is 11.9 Å². The van der Waals surface area contributed by atoms with Gasteiger partial charge in [0.05, 0.1) is 23.9 Å². The first kappa shape index (κ1) is 15.9. The summed E-state index contributed by atoms with van der Waals surface area (Å²) in [7, 11) is 3.02. The van der Waals surface area contributed by atoms with Crippen LogP contribution in [0, 0.1) is 5.41 Å². The topological polar surface area (TPSA) is 72.6 Å². The quantitative estimate of drug-likeness (QED) is 0.608. The zero-order valence-electron chi connectivity index (χ0n) is 11.6. The normalized spacial score (nSPS) is 17.6. The number of rotatable bonds is 5. The molecule has 6 heteroatoms. The lowest BCUT2D eigenvalue weighted by Crippen LogP contribution is -2.50. The van der Waals surface area contributed by atoms with Crippen molar-refractivity contribution >= 4 is 29.1 Å². The van der Waals surface area contributed by atoms with Crippen molar-refractivity contribution in [2.24, 2.45) is 11.1 Å². The van der Waals surface area contributed by atoms with Crippen molar-refractivity contribution in [3.63, 3.8) is 0 Å². The summed E-state index contributed by atoms with van der Waals surface area (Å²) in [4.78, 5) is 25.5. The molecule has 0 unspecified atom stereocenters. The van der Waals surface area contributed by atoms with E-state index < -0.39 is 5.41 Å². The van der Waals surface area contributed by atoms with Gasteiger partial charge >= 0.3 is 5.97 Å². The van der Waals surface area contributed by atoms with Crippen LogP contribution in [0.2, 0.25) is 0 Å². The predicted molar refractivity (Wildman–Crippen MR) is 76.6 cm³/mol. The number of carbonyl (C=O) groups excluding carboxylic acids is 2. The highest BCUT2D eigenvalue weighted by atomic mass is 32.1. The fraction of sp³-hybridized carbons (Fsp3) is 0.769. The molecule has 1 aliphatic carbocycles. The highest BCUT2D eigenvalue weighted by Gasteiger charge is 2.43. The molecule has 1 amide bonds. The van der Waals surface area contributed by atoms with Gasteiger partial charge in [0, 0.05) is 13.6 Å². The molecule has 0 aromatic heterocycles. The van der Waals surface area contributed by atoms with Crippen LogP contribution in [0.25, 0.3) is 0 Å². The lowest BCUT2D eigenvalue weighted by Gasteiger charge is -2.37. The fourth-order valence-electron chi connectivity index (χ4n) is 2.55. The lowest BCUT2D eigenvalue weighted by molar-refractivity contribution is -0.143. The molecule has 0 heterocycles. The number of carbonyl (C=O) groups is 2. The van der Waals surface area contributed by atoms with Gasteiger partial charge in [-0.1, -0.05) is 31.5 Å². The summed E-state index contributed by atoms with van der Waals surface area (Å²) in [6, 6.07) is 0. The summed E-state index contributed by atoms with van der Waals surface area (Å²) < 4.78 is 4.57. The van der Waals surface area contributed by atoms with E-state index in [1.807, 2.05) is 0 Å². The summed E-state index contributed by atoms with van der Waals surface area (Å²) in [6.07, 6.45) is 4.66. The standard InChI is InChI=1S/C13H22N2O3S/c1-15(9-6-10(16)18-2)12(17)13(11(14)19)7-4-3-5-8-13/h3-9H2,1-2H3,(H2,14,19). The summed E-state index contributed by atoms with van der Waals surface area (Å²) >= 11 is 5.12. The van der Waals surface area contributed by atoms with E-state index >= 15 is 0 Å². The van der Waals surface area contributed by atoms with Gasteiger partial charge in [-0.15, -0.1) is 0 Å². The number of methoxy groups -OCH3 is 1. The maximum Gasteiger partial charge on any atom is 0.307 e. The Morgan fingerprint density at radius 1 is 1.32 bits per heavy atom. The number of hydrogen-bond acceptors (Lipinski definition) is 4. The predicted octanol–water partition coefficient (Wildman–Crippen LogP) is 1.24. The van der Waals surface area contributed by atoms with Crippen molar-refractivity contribution in [1.82, 2.24) is 4.90 Å². The zero-order valence-corrected chi connectivity index (χ0v) is 12.4. The number of ether oxygens (including phenoxy) is 1. The zero-order chi connectivity index (χ0) is 14.5. The third kappa shape index (κ3) is 3.65. The van der Waals surface area contributed by atoms with Crippen LogP contribution in [0.3, 0.4) is 0 Å². The van der Waals surface area contributed by atoms with Gasteiger partial charge in [-0.2, -0.15) is 0 Å². The van der Waals surface area contributed by atoms with E-state index in [2.05, 4.69) is 4.74 Å². The van der Waals surface area contributed by atoms with Gasteiger partial charge in [0.25, 0.3) is 0 Å². The molecule has 2 N–H and O–H groups in total. The first-order valence-corrected chi connectivity index (χ1v) is 6.97. The smallest absolute Gasteiger partial charge is 0.307 e. The van der Waals surface area contributed by atoms with Crippen molar-refractivity contribution < 1.29 is 14.3 Å². The lowest BCUT2D eigenvalue weighted by atomic mass is 9.73. The van der Waals surface area contributed by atoms with E-state index in [1.165, 1.54) is 7.11 Å². The monoisotopic (exact) mass is 286 g/mol. The van der Waals surface area contributed by atoms with Gasteiger partial charge in [-0.25, -0.2) is 0 Å². The van der Waals surface area contributed by atoms with Gasteiger partial charge in [0.1, 0.15) is 0 Å². The first-order valence-electron chi connectivity index (χ1n) is 6.56. The minimum Gasteiger partial charge on any atom is -0.469 e. The molecule has 1 aliphatic rings. The van der Waals surface area contributed by atoms with Crippen LogP contribution in [0.15, 0.2) is 0 Å². The SMILES string of the molecule is COC(=O)CCN(C)C(=O)C1(C(N)=S)CCCCC1. The Morgan fingerprint density at radius 2 is 1.89 bits per heavy atom. The molecule has 0 aromatic carbocycles. The second-order valence-electron chi connectivity index (χ2n) is 5.06. The summed E-state index contributed by atoms with van der Waals surface area (Å²) in [6.45, 7) is 0.329. The Morgan fingerprint density at radius 3 is 2.37 bits per heavy atom. The average Bonchev–Trinajstić information content (AvgIpc) is 2.43. The van der Waals surface area contributed by atoms with Crippen LogP contribution in [-0.2, 0) is 14.3 Å². The highest BCUT2D eigenvalue weighted by molar-refractivity contribution is 7.80. The Bertz CT molecular complexity index is 365.